The molecule has 0 radical (unpaired) electrons. The lowest BCUT2D eigenvalue weighted by atomic mass is 9.97. The molecule has 0 spiro atoms. The van der Waals surface area contributed by atoms with Gasteiger partial charge in [0.25, 0.3) is 0 Å². The Labute approximate surface area is 137 Å². The molecule has 0 amide bonds. The second-order valence-electron chi connectivity index (χ2n) is 5.74. The molecule has 2 saturated heterocycles. The number of hydrogen-bond acceptors (Lipinski definition) is 11. The lowest BCUT2D eigenvalue weighted by Gasteiger charge is -2.45. The summed E-state index contributed by atoms with van der Waals surface area (Å²) in [4.78, 5) is 0. The second kappa shape index (κ2) is 8.29. The number of aliphatic hydroxyl groups excluding tert-OH is 7. The van der Waals surface area contributed by atoms with E-state index in [4.69, 9.17) is 18.9 Å². The van der Waals surface area contributed by atoms with Crippen molar-refractivity contribution in [3.8, 4) is 0 Å². The van der Waals surface area contributed by atoms with Crippen LogP contribution in [0.15, 0.2) is 0 Å². The second-order valence-corrected chi connectivity index (χ2v) is 5.74. The van der Waals surface area contributed by atoms with E-state index < -0.39 is 74.6 Å². The maximum absolute atomic E-state index is 10.1. The minimum absolute atomic E-state index is 0.531. The lowest BCUT2D eigenvalue weighted by molar-refractivity contribution is -0.356. The zero-order chi connectivity index (χ0) is 18.0. The summed E-state index contributed by atoms with van der Waals surface area (Å²) in [6.45, 7) is -1.18. The van der Waals surface area contributed by atoms with E-state index in [0.29, 0.717) is 0 Å². The molecular weight excluding hydrogens is 332 g/mol. The first-order valence-electron chi connectivity index (χ1n) is 7.46. The van der Waals surface area contributed by atoms with Gasteiger partial charge in [0.2, 0.25) is 0 Å². The summed E-state index contributed by atoms with van der Waals surface area (Å²) in [6.07, 6.45) is -14.2. The zero-order valence-corrected chi connectivity index (χ0v) is 13.0. The van der Waals surface area contributed by atoms with Crippen LogP contribution in [0.4, 0.5) is 0 Å². The molecule has 2 aliphatic heterocycles. The Balaban J connectivity index is 2.12. The monoisotopic (exact) mass is 356 g/mol. The van der Waals surface area contributed by atoms with Crippen LogP contribution in [-0.2, 0) is 18.9 Å². The van der Waals surface area contributed by atoms with E-state index in [1.165, 1.54) is 7.11 Å². The highest BCUT2D eigenvalue weighted by Gasteiger charge is 2.50. The molecule has 2 fully saturated rings. The standard InChI is InChI=1S/C13H24O11/c1-21-10-4(2-14)23-13(9(19)7(10)17)24-11-5(3-15)22-12(20)8(18)6(11)16/h4-20H,2-3H2,1H3/t4-,5-,6-,7-,8-,9-,10-,11-,12-,13-/m1/s1. The summed E-state index contributed by atoms with van der Waals surface area (Å²) >= 11 is 0. The maximum atomic E-state index is 10.1. The third kappa shape index (κ3) is 3.71. The number of ether oxygens (including phenoxy) is 4. The molecule has 0 aromatic carbocycles. The van der Waals surface area contributed by atoms with Crippen LogP contribution < -0.4 is 0 Å². The van der Waals surface area contributed by atoms with E-state index in [-0.39, 0.29) is 0 Å². The van der Waals surface area contributed by atoms with Gasteiger partial charge in [-0.3, -0.25) is 0 Å². The van der Waals surface area contributed by atoms with Crippen LogP contribution in [0, 0.1) is 0 Å². The van der Waals surface area contributed by atoms with Gasteiger partial charge < -0.3 is 54.7 Å². The Morgan fingerprint density at radius 2 is 1.29 bits per heavy atom. The van der Waals surface area contributed by atoms with E-state index in [0.717, 1.165) is 0 Å². The summed E-state index contributed by atoms with van der Waals surface area (Å²) in [7, 11) is 1.27. The molecule has 0 aliphatic carbocycles. The topological polar surface area (TPSA) is 179 Å². The maximum Gasteiger partial charge on any atom is 0.187 e. The first-order valence-corrected chi connectivity index (χ1v) is 7.46. The minimum atomic E-state index is -1.72. The minimum Gasteiger partial charge on any atom is -0.394 e. The van der Waals surface area contributed by atoms with Crippen LogP contribution >= 0.6 is 0 Å². The third-order valence-corrected chi connectivity index (χ3v) is 4.22. The molecule has 0 unspecified atom stereocenters. The molecule has 0 aromatic heterocycles. The van der Waals surface area contributed by atoms with Gasteiger partial charge in [0.15, 0.2) is 12.6 Å². The first kappa shape index (κ1) is 19.9. The molecular formula is C13H24O11. The fourth-order valence-electron chi connectivity index (χ4n) is 2.85. The van der Waals surface area contributed by atoms with E-state index >= 15 is 0 Å². The number of aliphatic hydroxyl groups is 7. The SMILES string of the molecule is CO[C@H]1[C@H](O)[C@@H](O)[C@@H](O[C@H]2[C@H](O)[C@@H](O)[C@H](O)O[C@@H]2CO)O[C@@H]1CO. The fourth-order valence-corrected chi connectivity index (χ4v) is 2.85. The van der Waals surface area contributed by atoms with Gasteiger partial charge in [-0.25, -0.2) is 0 Å². The molecule has 2 aliphatic rings. The van der Waals surface area contributed by atoms with Crippen molar-refractivity contribution in [3.05, 3.63) is 0 Å². The third-order valence-electron chi connectivity index (χ3n) is 4.22. The van der Waals surface area contributed by atoms with Crippen LogP contribution in [0.1, 0.15) is 0 Å². The van der Waals surface area contributed by atoms with Gasteiger partial charge in [0, 0.05) is 7.11 Å². The Bertz CT molecular complexity index is 392. The van der Waals surface area contributed by atoms with Crippen molar-refractivity contribution in [1.29, 1.82) is 0 Å². The fraction of sp³-hybridized carbons (Fsp3) is 1.00. The summed E-state index contributed by atoms with van der Waals surface area (Å²) < 4.78 is 20.6. The predicted octanol–water partition coefficient (Wildman–Crippen LogP) is -4.74. The molecule has 2 heterocycles. The van der Waals surface area contributed by atoms with Crippen LogP contribution in [0.2, 0.25) is 0 Å². The summed E-state index contributed by atoms with van der Waals surface area (Å²) in [5.41, 5.74) is 0. The van der Waals surface area contributed by atoms with Crippen molar-refractivity contribution in [1.82, 2.24) is 0 Å². The average molecular weight is 356 g/mol. The lowest BCUT2D eigenvalue weighted by Crippen LogP contribution is -2.64. The Morgan fingerprint density at radius 3 is 1.83 bits per heavy atom. The molecule has 0 aromatic rings. The quantitative estimate of drug-likeness (QED) is 0.251. The van der Waals surface area contributed by atoms with E-state index in [1.54, 1.807) is 0 Å². The van der Waals surface area contributed by atoms with Crippen LogP contribution in [0.3, 0.4) is 0 Å². The van der Waals surface area contributed by atoms with Crippen molar-refractivity contribution in [3.63, 3.8) is 0 Å². The van der Waals surface area contributed by atoms with E-state index in [1.807, 2.05) is 0 Å². The van der Waals surface area contributed by atoms with Crippen LogP contribution in [0.5, 0.6) is 0 Å². The molecule has 11 heteroatoms. The van der Waals surface area contributed by atoms with Crippen molar-refractivity contribution >= 4 is 0 Å². The number of rotatable bonds is 5. The van der Waals surface area contributed by atoms with Gasteiger partial charge >= 0.3 is 0 Å². The van der Waals surface area contributed by atoms with Gasteiger partial charge in [-0.1, -0.05) is 0 Å². The van der Waals surface area contributed by atoms with Gasteiger partial charge in [-0.2, -0.15) is 0 Å². The van der Waals surface area contributed by atoms with Crippen molar-refractivity contribution in [2.24, 2.45) is 0 Å². The predicted molar refractivity (Wildman–Crippen MR) is 73.4 cm³/mol. The van der Waals surface area contributed by atoms with Crippen molar-refractivity contribution in [2.75, 3.05) is 20.3 Å². The summed E-state index contributed by atoms with van der Waals surface area (Å²) in [5.74, 6) is 0. The summed E-state index contributed by atoms with van der Waals surface area (Å²) in [6, 6.07) is 0. The highest BCUT2D eigenvalue weighted by atomic mass is 16.7. The first-order chi connectivity index (χ1) is 11.3. The van der Waals surface area contributed by atoms with Gasteiger partial charge in [0.05, 0.1) is 13.2 Å². The average Bonchev–Trinajstić information content (AvgIpc) is 2.58. The van der Waals surface area contributed by atoms with Crippen molar-refractivity contribution in [2.45, 2.75) is 61.4 Å². The van der Waals surface area contributed by atoms with Gasteiger partial charge in [-0.15, -0.1) is 0 Å². The van der Waals surface area contributed by atoms with Crippen LogP contribution in [0.25, 0.3) is 0 Å². The van der Waals surface area contributed by atoms with E-state index in [9.17, 15) is 35.7 Å². The largest absolute Gasteiger partial charge is 0.394 e. The molecule has 0 bridgehead atoms. The molecule has 142 valence electrons. The van der Waals surface area contributed by atoms with Gasteiger partial charge in [0.1, 0.15) is 48.8 Å². The smallest absolute Gasteiger partial charge is 0.187 e. The Kier molecular flexibility index (Phi) is 6.87. The summed E-state index contributed by atoms with van der Waals surface area (Å²) in [5, 5.41) is 67.8. The molecule has 7 N–H and O–H groups in total. The van der Waals surface area contributed by atoms with Crippen LogP contribution in [-0.4, -0.2) is 117 Å². The molecule has 11 nitrogen and oxygen atoms in total. The molecule has 24 heavy (non-hydrogen) atoms. The number of methoxy groups -OCH3 is 1. The normalized spacial score (nSPS) is 50.0. The highest BCUT2D eigenvalue weighted by Crippen LogP contribution is 2.29. The van der Waals surface area contributed by atoms with Gasteiger partial charge in [-0.05, 0) is 0 Å². The molecule has 0 saturated carbocycles. The highest BCUT2D eigenvalue weighted by molar-refractivity contribution is 4.94. The zero-order valence-electron chi connectivity index (χ0n) is 13.0. The van der Waals surface area contributed by atoms with E-state index in [2.05, 4.69) is 0 Å². The van der Waals surface area contributed by atoms with Crippen molar-refractivity contribution < 1.29 is 54.7 Å². The number of hydrogen-bond donors (Lipinski definition) is 7. The Morgan fingerprint density at radius 1 is 0.750 bits per heavy atom. The molecule has 10 atom stereocenters. The Hall–Kier alpha value is -0.440. The molecule has 2 rings (SSSR count).